The maximum absolute atomic E-state index is 10.6. The summed E-state index contributed by atoms with van der Waals surface area (Å²) in [6.07, 6.45) is 1.63. The molecule has 5 heteroatoms. The van der Waals surface area contributed by atoms with Crippen molar-refractivity contribution in [3.8, 4) is 5.75 Å². The van der Waals surface area contributed by atoms with E-state index in [2.05, 4.69) is 10.1 Å². The zero-order valence-electron chi connectivity index (χ0n) is 13.6. The molecule has 1 atom stereocenters. The average Bonchev–Trinajstić information content (AvgIpc) is 2.67. The van der Waals surface area contributed by atoms with Gasteiger partial charge in [-0.15, -0.1) is 0 Å². The lowest BCUT2D eigenvalue weighted by molar-refractivity contribution is 0.175. The van der Waals surface area contributed by atoms with Crippen molar-refractivity contribution >= 4 is 0 Å². The number of aliphatic hydroxyl groups is 1. The van der Waals surface area contributed by atoms with Gasteiger partial charge < -0.3 is 9.84 Å². The Labute approximate surface area is 125 Å². The first kappa shape index (κ1) is 15.5. The van der Waals surface area contributed by atoms with Crippen LogP contribution in [-0.4, -0.2) is 27.0 Å². The zero-order valence-corrected chi connectivity index (χ0v) is 13.6. The van der Waals surface area contributed by atoms with Crippen LogP contribution < -0.4 is 4.74 Å². The van der Waals surface area contributed by atoms with E-state index in [0.29, 0.717) is 6.42 Å². The van der Waals surface area contributed by atoms with Gasteiger partial charge in [-0.3, -0.25) is 9.67 Å². The third-order valence-corrected chi connectivity index (χ3v) is 4.03. The molecule has 21 heavy (non-hydrogen) atoms. The summed E-state index contributed by atoms with van der Waals surface area (Å²) >= 11 is 0. The molecule has 0 bridgehead atoms. The Morgan fingerprint density at radius 1 is 1.29 bits per heavy atom. The van der Waals surface area contributed by atoms with E-state index in [1.165, 1.54) is 0 Å². The van der Waals surface area contributed by atoms with Gasteiger partial charge in [0.25, 0.3) is 0 Å². The van der Waals surface area contributed by atoms with Crippen molar-refractivity contribution in [1.82, 2.24) is 14.8 Å². The number of ether oxygens (including phenoxy) is 1. The third kappa shape index (κ3) is 2.78. The van der Waals surface area contributed by atoms with Gasteiger partial charge in [0.15, 0.2) is 0 Å². The van der Waals surface area contributed by atoms with E-state index in [1.807, 2.05) is 34.7 Å². The molecule has 0 aromatic carbocycles. The van der Waals surface area contributed by atoms with Gasteiger partial charge in [0.1, 0.15) is 5.75 Å². The minimum Gasteiger partial charge on any atom is -0.496 e. The SMILES string of the molecule is COc1c(C)cnc(CC(O)c2c(C)nn(C)c2C)c1C. The van der Waals surface area contributed by atoms with E-state index < -0.39 is 6.10 Å². The average molecular weight is 289 g/mol. The van der Waals surface area contributed by atoms with Gasteiger partial charge in [-0.1, -0.05) is 0 Å². The smallest absolute Gasteiger partial charge is 0.128 e. The minimum atomic E-state index is -0.614. The molecule has 0 spiro atoms. The second-order valence-electron chi connectivity index (χ2n) is 5.47. The Morgan fingerprint density at radius 2 is 1.95 bits per heavy atom. The number of methoxy groups -OCH3 is 1. The molecular formula is C16H23N3O2. The summed E-state index contributed by atoms with van der Waals surface area (Å²) in [5, 5.41) is 14.9. The van der Waals surface area contributed by atoms with Crippen molar-refractivity contribution in [2.45, 2.75) is 40.2 Å². The van der Waals surface area contributed by atoms with Crippen molar-refractivity contribution < 1.29 is 9.84 Å². The fourth-order valence-corrected chi connectivity index (χ4v) is 2.83. The molecule has 1 N–H and O–H groups in total. The summed E-state index contributed by atoms with van der Waals surface area (Å²) in [7, 11) is 3.54. The van der Waals surface area contributed by atoms with Crippen LogP contribution in [0.4, 0.5) is 0 Å². The first-order valence-corrected chi connectivity index (χ1v) is 7.04. The molecule has 2 heterocycles. The van der Waals surface area contributed by atoms with Crippen molar-refractivity contribution in [1.29, 1.82) is 0 Å². The lowest BCUT2D eigenvalue weighted by Crippen LogP contribution is -2.08. The maximum atomic E-state index is 10.6. The predicted molar refractivity (Wildman–Crippen MR) is 81.6 cm³/mol. The van der Waals surface area contributed by atoms with Crippen LogP contribution in [0.3, 0.4) is 0 Å². The van der Waals surface area contributed by atoms with E-state index in [1.54, 1.807) is 18.0 Å². The Morgan fingerprint density at radius 3 is 2.48 bits per heavy atom. The fourth-order valence-electron chi connectivity index (χ4n) is 2.83. The summed E-state index contributed by atoms with van der Waals surface area (Å²) in [6.45, 7) is 7.83. The summed E-state index contributed by atoms with van der Waals surface area (Å²) in [4.78, 5) is 4.45. The Bertz CT molecular complexity index is 662. The van der Waals surface area contributed by atoms with Crippen LogP contribution in [0, 0.1) is 27.7 Å². The minimum absolute atomic E-state index is 0.454. The van der Waals surface area contributed by atoms with Crippen LogP contribution in [0.25, 0.3) is 0 Å². The Balaban J connectivity index is 2.34. The number of hydrogen-bond acceptors (Lipinski definition) is 4. The summed E-state index contributed by atoms with van der Waals surface area (Å²) in [6, 6.07) is 0. The second-order valence-corrected chi connectivity index (χ2v) is 5.47. The number of aliphatic hydroxyl groups excluding tert-OH is 1. The first-order valence-electron chi connectivity index (χ1n) is 7.04. The molecule has 5 nitrogen and oxygen atoms in total. The van der Waals surface area contributed by atoms with E-state index in [9.17, 15) is 5.11 Å². The zero-order chi connectivity index (χ0) is 15.7. The number of nitrogens with zero attached hydrogens (tertiary/aromatic N) is 3. The Hall–Kier alpha value is -1.88. The molecular weight excluding hydrogens is 266 g/mol. The highest BCUT2D eigenvalue weighted by Gasteiger charge is 2.20. The maximum Gasteiger partial charge on any atom is 0.128 e. The lowest BCUT2D eigenvalue weighted by atomic mass is 9.99. The van der Waals surface area contributed by atoms with Gasteiger partial charge in [0.05, 0.1) is 18.9 Å². The normalized spacial score (nSPS) is 12.5. The van der Waals surface area contributed by atoms with Crippen molar-refractivity contribution in [3.63, 3.8) is 0 Å². The van der Waals surface area contributed by atoms with Crippen LogP contribution in [0.15, 0.2) is 6.20 Å². The van der Waals surface area contributed by atoms with Gasteiger partial charge in [-0.05, 0) is 27.7 Å². The van der Waals surface area contributed by atoms with Crippen molar-refractivity contribution in [2.24, 2.45) is 7.05 Å². The van der Waals surface area contributed by atoms with Gasteiger partial charge in [0, 0.05) is 47.7 Å². The number of hydrogen-bond donors (Lipinski definition) is 1. The third-order valence-electron chi connectivity index (χ3n) is 4.03. The van der Waals surface area contributed by atoms with Crippen molar-refractivity contribution in [3.05, 3.63) is 40.0 Å². The van der Waals surface area contributed by atoms with Gasteiger partial charge in [-0.2, -0.15) is 5.10 Å². The molecule has 2 rings (SSSR count). The molecule has 0 amide bonds. The quantitative estimate of drug-likeness (QED) is 0.938. The second kappa shape index (κ2) is 5.85. The molecule has 0 saturated heterocycles. The van der Waals surface area contributed by atoms with E-state index in [4.69, 9.17) is 4.74 Å². The van der Waals surface area contributed by atoms with Gasteiger partial charge in [0.2, 0.25) is 0 Å². The van der Waals surface area contributed by atoms with Gasteiger partial charge >= 0.3 is 0 Å². The summed E-state index contributed by atoms with van der Waals surface area (Å²) in [5.74, 6) is 0.840. The molecule has 0 saturated carbocycles. The van der Waals surface area contributed by atoms with Gasteiger partial charge in [-0.25, -0.2) is 0 Å². The fraction of sp³-hybridized carbons (Fsp3) is 0.500. The van der Waals surface area contributed by atoms with E-state index in [-0.39, 0.29) is 0 Å². The van der Waals surface area contributed by atoms with Crippen LogP contribution in [0.2, 0.25) is 0 Å². The molecule has 2 aromatic heterocycles. The standard InChI is InChI=1S/C16H23N3O2/c1-9-8-17-13(10(2)16(9)21-6)7-14(20)15-11(3)18-19(5)12(15)4/h8,14,20H,7H2,1-6H3. The molecule has 0 aliphatic carbocycles. The van der Waals surface area contributed by atoms with E-state index >= 15 is 0 Å². The number of rotatable bonds is 4. The molecule has 0 aliphatic heterocycles. The summed E-state index contributed by atoms with van der Waals surface area (Å²) in [5.41, 5.74) is 5.57. The summed E-state index contributed by atoms with van der Waals surface area (Å²) < 4.78 is 7.21. The number of aryl methyl sites for hydroxylation is 3. The topological polar surface area (TPSA) is 60.2 Å². The molecule has 0 aliphatic rings. The number of aromatic nitrogens is 3. The Kier molecular flexibility index (Phi) is 4.32. The molecule has 114 valence electrons. The molecule has 0 fully saturated rings. The molecule has 1 unspecified atom stereocenters. The van der Waals surface area contributed by atoms with Crippen molar-refractivity contribution in [2.75, 3.05) is 7.11 Å². The largest absolute Gasteiger partial charge is 0.496 e. The molecule has 2 aromatic rings. The lowest BCUT2D eigenvalue weighted by Gasteiger charge is -2.15. The monoisotopic (exact) mass is 289 g/mol. The van der Waals surface area contributed by atoms with Crippen LogP contribution in [-0.2, 0) is 13.5 Å². The molecule has 0 radical (unpaired) electrons. The van der Waals surface area contributed by atoms with E-state index in [0.717, 1.165) is 39.5 Å². The highest BCUT2D eigenvalue weighted by Crippen LogP contribution is 2.29. The van der Waals surface area contributed by atoms with Crippen LogP contribution in [0.1, 0.15) is 39.9 Å². The highest BCUT2D eigenvalue weighted by atomic mass is 16.5. The van der Waals surface area contributed by atoms with Crippen LogP contribution in [0.5, 0.6) is 5.75 Å². The predicted octanol–water partition coefficient (Wildman–Crippen LogP) is 2.33. The number of pyridine rings is 1. The first-order chi connectivity index (χ1) is 9.86. The van der Waals surface area contributed by atoms with Crippen LogP contribution >= 0.6 is 0 Å². The highest BCUT2D eigenvalue weighted by molar-refractivity contribution is 5.41.